The molecule has 2 aromatic carbocycles. The molecule has 20 heavy (non-hydrogen) atoms. The monoisotopic (exact) mass is 268 g/mol. The Morgan fingerprint density at radius 2 is 1.75 bits per heavy atom. The summed E-state index contributed by atoms with van der Waals surface area (Å²) in [4.78, 5) is 2.29. The molecule has 0 spiro atoms. The summed E-state index contributed by atoms with van der Waals surface area (Å²) in [5.74, 6) is 0. The summed E-state index contributed by atoms with van der Waals surface area (Å²) in [6.07, 6.45) is 0.952. The number of benzene rings is 2. The van der Waals surface area contributed by atoms with Gasteiger partial charge in [0.1, 0.15) is 0 Å². The average Bonchev–Trinajstić information content (AvgIpc) is 2.45. The van der Waals surface area contributed by atoms with Crippen molar-refractivity contribution in [2.24, 2.45) is 5.73 Å². The van der Waals surface area contributed by atoms with Gasteiger partial charge in [-0.05, 0) is 37.5 Å². The summed E-state index contributed by atoms with van der Waals surface area (Å²) < 4.78 is 0. The van der Waals surface area contributed by atoms with Crippen LogP contribution in [0.2, 0.25) is 0 Å². The lowest BCUT2D eigenvalue weighted by atomic mass is 10.0. The van der Waals surface area contributed by atoms with Gasteiger partial charge in [-0.3, -0.25) is 0 Å². The molecule has 106 valence electrons. The summed E-state index contributed by atoms with van der Waals surface area (Å²) in [5, 5.41) is 0. The summed E-state index contributed by atoms with van der Waals surface area (Å²) >= 11 is 0. The maximum Gasteiger partial charge on any atom is 0.0393 e. The fourth-order valence-corrected chi connectivity index (χ4v) is 2.55. The van der Waals surface area contributed by atoms with Crippen LogP contribution in [-0.4, -0.2) is 13.6 Å². The van der Waals surface area contributed by atoms with Gasteiger partial charge in [-0.1, -0.05) is 48.0 Å². The van der Waals surface area contributed by atoms with Crippen LogP contribution in [0.15, 0.2) is 48.5 Å². The zero-order valence-electron chi connectivity index (χ0n) is 12.6. The Kier molecular flexibility index (Phi) is 4.80. The predicted molar refractivity (Wildman–Crippen MR) is 87.2 cm³/mol. The van der Waals surface area contributed by atoms with Gasteiger partial charge in [-0.15, -0.1) is 0 Å². The second-order valence-electron chi connectivity index (χ2n) is 5.52. The second kappa shape index (κ2) is 6.58. The molecule has 1 unspecified atom stereocenters. The van der Waals surface area contributed by atoms with Crippen molar-refractivity contribution in [3.8, 4) is 0 Å². The normalized spacial score (nSPS) is 12.2. The second-order valence-corrected chi connectivity index (χ2v) is 5.52. The minimum atomic E-state index is 0.101. The van der Waals surface area contributed by atoms with E-state index in [2.05, 4.69) is 56.1 Å². The molecule has 2 rings (SSSR count). The third-order valence-electron chi connectivity index (χ3n) is 3.77. The van der Waals surface area contributed by atoms with Crippen molar-refractivity contribution in [1.29, 1.82) is 0 Å². The van der Waals surface area contributed by atoms with Gasteiger partial charge in [-0.25, -0.2) is 0 Å². The zero-order chi connectivity index (χ0) is 14.5. The first-order chi connectivity index (χ1) is 9.58. The molecule has 2 aromatic rings. The van der Waals surface area contributed by atoms with Gasteiger partial charge in [-0.2, -0.15) is 0 Å². The third kappa shape index (κ3) is 3.61. The minimum absolute atomic E-state index is 0.101. The first-order valence-electron chi connectivity index (χ1n) is 7.17. The molecule has 0 bridgehead atoms. The molecule has 0 aromatic heterocycles. The maximum absolute atomic E-state index is 6.26. The molecule has 0 aliphatic rings. The fourth-order valence-electron chi connectivity index (χ4n) is 2.55. The minimum Gasteiger partial charge on any atom is -0.374 e. The number of anilines is 1. The molecule has 2 N–H and O–H groups in total. The summed E-state index contributed by atoms with van der Waals surface area (Å²) in [6, 6.07) is 17.0. The van der Waals surface area contributed by atoms with Crippen LogP contribution < -0.4 is 10.6 Å². The lowest BCUT2D eigenvalue weighted by Gasteiger charge is -2.23. The zero-order valence-corrected chi connectivity index (χ0v) is 12.6. The van der Waals surface area contributed by atoms with E-state index in [-0.39, 0.29) is 6.04 Å². The van der Waals surface area contributed by atoms with Crippen LogP contribution in [0, 0.1) is 13.8 Å². The van der Waals surface area contributed by atoms with E-state index in [0.717, 1.165) is 13.0 Å². The van der Waals surface area contributed by atoms with E-state index in [1.807, 2.05) is 18.2 Å². The maximum atomic E-state index is 6.26. The quantitative estimate of drug-likeness (QED) is 0.893. The highest BCUT2D eigenvalue weighted by Crippen LogP contribution is 2.21. The van der Waals surface area contributed by atoms with Crippen molar-refractivity contribution < 1.29 is 0 Å². The lowest BCUT2D eigenvalue weighted by molar-refractivity contribution is 0.645. The van der Waals surface area contributed by atoms with Gasteiger partial charge in [0.05, 0.1) is 0 Å². The third-order valence-corrected chi connectivity index (χ3v) is 3.77. The van der Waals surface area contributed by atoms with Crippen molar-refractivity contribution in [1.82, 2.24) is 0 Å². The Hall–Kier alpha value is -1.80. The van der Waals surface area contributed by atoms with Crippen molar-refractivity contribution >= 4 is 5.69 Å². The molecule has 0 fully saturated rings. The first kappa shape index (κ1) is 14.6. The SMILES string of the molecule is Cc1ccc(N(C)CCC(N)c2ccccc2)c(C)c1. The van der Waals surface area contributed by atoms with Gasteiger partial charge >= 0.3 is 0 Å². The highest BCUT2D eigenvalue weighted by atomic mass is 15.1. The van der Waals surface area contributed by atoms with Gasteiger partial charge in [0.2, 0.25) is 0 Å². The van der Waals surface area contributed by atoms with E-state index in [1.54, 1.807) is 0 Å². The van der Waals surface area contributed by atoms with Crippen molar-refractivity contribution in [2.45, 2.75) is 26.3 Å². The average molecular weight is 268 g/mol. The highest BCUT2D eigenvalue weighted by molar-refractivity contribution is 5.53. The van der Waals surface area contributed by atoms with Gasteiger partial charge < -0.3 is 10.6 Å². The summed E-state index contributed by atoms with van der Waals surface area (Å²) in [6.45, 7) is 5.25. The number of rotatable bonds is 5. The van der Waals surface area contributed by atoms with E-state index < -0.39 is 0 Å². The number of aryl methyl sites for hydroxylation is 2. The number of hydrogen-bond donors (Lipinski definition) is 1. The lowest BCUT2D eigenvalue weighted by Crippen LogP contribution is -2.23. The Morgan fingerprint density at radius 1 is 1.05 bits per heavy atom. The fraction of sp³-hybridized carbons (Fsp3) is 0.333. The molecule has 0 saturated heterocycles. The van der Waals surface area contributed by atoms with Crippen LogP contribution in [0.25, 0.3) is 0 Å². The molecule has 2 heteroatoms. The van der Waals surface area contributed by atoms with Crippen LogP contribution in [0.3, 0.4) is 0 Å². The van der Waals surface area contributed by atoms with E-state index >= 15 is 0 Å². The first-order valence-corrected chi connectivity index (χ1v) is 7.17. The van der Waals surface area contributed by atoms with Crippen molar-refractivity contribution in [2.75, 3.05) is 18.5 Å². The van der Waals surface area contributed by atoms with Crippen LogP contribution >= 0.6 is 0 Å². The van der Waals surface area contributed by atoms with Gasteiger partial charge in [0.15, 0.2) is 0 Å². The molecule has 1 atom stereocenters. The van der Waals surface area contributed by atoms with Crippen LogP contribution in [-0.2, 0) is 0 Å². The van der Waals surface area contributed by atoms with E-state index in [9.17, 15) is 0 Å². The molecular formula is C18H24N2. The smallest absolute Gasteiger partial charge is 0.0393 e. The molecule has 0 amide bonds. The molecule has 2 nitrogen and oxygen atoms in total. The molecular weight excluding hydrogens is 244 g/mol. The number of nitrogens with two attached hydrogens (primary N) is 1. The molecule has 0 aliphatic carbocycles. The topological polar surface area (TPSA) is 29.3 Å². The summed E-state index contributed by atoms with van der Waals surface area (Å²) in [7, 11) is 2.13. The highest BCUT2D eigenvalue weighted by Gasteiger charge is 2.09. The van der Waals surface area contributed by atoms with Crippen LogP contribution in [0.5, 0.6) is 0 Å². The molecule has 0 radical (unpaired) electrons. The molecule has 0 saturated carbocycles. The van der Waals surface area contributed by atoms with E-state index in [1.165, 1.54) is 22.4 Å². The number of hydrogen-bond acceptors (Lipinski definition) is 2. The molecule has 0 heterocycles. The van der Waals surface area contributed by atoms with Gasteiger partial charge in [0, 0.05) is 25.3 Å². The van der Waals surface area contributed by atoms with Crippen molar-refractivity contribution in [3.05, 3.63) is 65.2 Å². The standard InChI is InChI=1S/C18H24N2/c1-14-9-10-18(15(2)13-14)20(3)12-11-17(19)16-7-5-4-6-8-16/h4-10,13,17H,11-12,19H2,1-3H3. The van der Waals surface area contributed by atoms with Crippen LogP contribution in [0.1, 0.15) is 29.2 Å². The van der Waals surface area contributed by atoms with Gasteiger partial charge in [0.25, 0.3) is 0 Å². The van der Waals surface area contributed by atoms with E-state index in [4.69, 9.17) is 5.73 Å². The van der Waals surface area contributed by atoms with Crippen molar-refractivity contribution in [3.63, 3.8) is 0 Å². The summed E-state index contributed by atoms with van der Waals surface area (Å²) in [5.41, 5.74) is 11.4. The Bertz CT molecular complexity index is 549. The number of nitrogens with zero attached hydrogens (tertiary/aromatic N) is 1. The Morgan fingerprint density at radius 3 is 2.40 bits per heavy atom. The Balaban J connectivity index is 1.96. The van der Waals surface area contributed by atoms with Crippen LogP contribution in [0.4, 0.5) is 5.69 Å². The van der Waals surface area contributed by atoms with E-state index in [0.29, 0.717) is 0 Å². The largest absolute Gasteiger partial charge is 0.374 e. The predicted octanol–water partition coefficient (Wildman–Crippen LogP) is 3.83. The molecule has 0 aliphatic heterocycles. The Labute approximate surface area is 122 Å².